The van der Waals surface area contributed by atoms with Crippen LogP contribution >= 0.6 is 11.3 Å². The van der Waals surface area contributed by atoms with Crippen molar-refractivity contribution in [2.24, 2.45) is 0 Å². The minimum atomic E-state index is -0.992. The first-order chi connectivity index (χ1) is 9.04. The zero-order valence-electron chi connectivity index (χ0n) is 10.9. The Morgan fingerprint density at radius 2 is 2.21 bits per heavy atom. The maximum absolute atomic E-state index is 11.5. The fourth-order valence-corrected chi connectivity index (χ4v) is 2.18. The van der Waals surface area contributed by atoms with E-state index < -0.39 is 5.97 Å². The first-order valence-electron chi connectivity index (χ1n) is 5.70. The molecule has 1 rings (SSSR count). The van der Waals surface area contributed by atoms with Gasteiger partial charge in [0.1, 0.15) is 9.88 Å². The number of nitrogens with one attached hydrogen (secondary N) is 2. The molecule has 0 aliphatic rings. The molecule has 0 aliphatic carbocycles. The maximum Gasteiger partial charge on any atom is 0.347 e. The molecule has 8 heteroatoms. The molecule has 1 aromatic rings. The smallest absolute Gasteiger partial charge is 0.347 e. The highest BCUT2D eigenvalue weighted by atomic mass is 32.1. The van der Waals surface area contributed by atoms with Gasteiger partial charge >= 0.3 is 5.97 Å². The highest BCUT2D eigenvalue weighted by molar-refractivity contribution is 7.13. The number of amides is 1. The van der Waals surface area contributed by atoms with Crippen molar-refractivity contribution in [1.29, 1.82) is 0 Å². The number of ether oxygens (including phenoxy) is 1. The number of aromatic nitrogens is 1. The largest absolute Gasteiger partial charge is 0.477 e. The molecule has 0 fully saturated rings. The Balaban J connectivity index is 2.34. The minimum absolute atomic E-state index is 0.166. The monoisotopic (exact) mass is 287 g/mol. The maximum atomic E-state index is 11.5. The molecule has 0 saturated heterocycles. The number of hydrogen-bond acceptors (Lipinski definition) is 6. The lowest BCUT2D eigenvalue weighted by Gasteiger charge is -2.04. The Hall–Kier alpha value is -1.51. The predicted molar refractivity (Wildman–Crippen MR) is 70.4 cm³/mol. The number of carbonyl (C=O) groups is 2. The van der Waals surface area contributed by atoms with Gasteiger partial charge in [0.15, 0.2) is 0 Å². The quantitative estimate of drug-likeness (QED) is 0.582. The van der Waals surface area contributed by atoms with Gasteiger partial charge in [0.25, 0.3) is 0 Å². The number of carboxylic acids is 1. The molecular weight excluding hydrogens is 270 g/mol. The van der Waals surface area contributed by atoms with Gasteiger partial charge in [-0.1, -0.05) is 0 Å². The van der Waals surface area contributed by atoms with Gasteiger partial charge in [0.2, 0.25) is 5.91 Å². The van der Waals surface area contributed by atoms with Gasteiger partial charge in [0.05, 0.1) is 25.4 Å². The van der Waals surface area contributed by atoms with Crippen LogP contribution in [-0.4, -0.2) is 48.8 Å². The minimum Gasteiger partial charge on any atom is -0.477 e. The number of thiazole rings is 1. The van der Waals surface area contributed by atoms with Crippen LogP contribution in [0.25, 0.3) is 0 Å². The van der Waals surface area contributed by atoms with E-state index in [1.54, 1.807) is 14.0 Å². The SMILES string of the molecule is COCCNCC(=O)NCc1nc(C)c(C(=O)O)s1. The summed E-state index contributed by atoms with van der Waals surface area (Å²) in [6.45, 7) is 3.21. The Morgan fingerprint density at radius 1 is 1.47 bits per heavy atom. The standard InChI is InChI=1S/C11H17N3O4S/c1-7-10(11(16)17)19-9(14-7)6-13-8(15)5-12-3-4-18-2/h12H,3-6H2,1-2H3,(H,13,15)(H,16,17). The second-order valence-electron chi connectivity index (χ2n) is 3.77. The Bertz CT molecular complexity index is 447. The summed E-state index contributed by atoms with van der Waals surface area (Å²) < 4.78 is 4.83. The summed E-state index contributed by atoms with van der Waals surface area (Å²) >= 11 is 1.08. The highest BCUT2D eigenvalue weighted by Crippen LogP contribution is 2.17. The van der Waals surface area contributed by atoms with Crippen LogP contribution in [-0.2, 0) is 16.1 Å². The number of aromatic carboxylic acids is 1. The second-order valence-corrected chi connectivity index (χ2v) is 4.86. The molecule has 0 atom stereocenters. The average molecular weight is 287 g/mol. The highest BCUT2D eigenvalue weighted by Gasteiger charge is 2.14. The predicted octanol–water partition coefficient (Wildman–Crippen LogP) is 0.00192. The molecule has 3 N–H and O–H groups in total. The van der Waals surface area contributed by atoms with Crippen molar-refractivity contribution < 1.29 is 19.4 Å². The van der Waals surface area contributed by atoms with Gasteiger partial charge < -0.3 is 20.5 Å². The second kappa shape index (κ2) is 7.82. The van der Waals surface area contributed by atoms with E-state index in [0.29, 0.717) is 23.9 Å². The van der Waals surface area contributed by atoms with Crippen molar-refractivity contribution in [1.82, 2.24) is 15.6 Å². The summed E-state index contributed by atoms with van der Waals surface area (Å²) in [5.74, 6) is -1.16. The van der Waals surface area contributed by atoms with Gasteiger partial charge in [-0.15, -0.1) is 11.3 Å². The van der Waals surface area contributed by atoms with Gasteiger partial charge in [-0.3, -0.25) is 4.79 Å². The molecule has 0 radical (unpaired) electrons. The molecule has 1 heterocycles. The van der Waals surface area contributed by atoms with E-state index >= 15 is 0 Å². The fraction of sp³-hybridized carbons (Fsp3) is 0.545. The molecule has 19 heavy (non-hydrogen) atoms. The topological polar surface area (TPSA) is 101 Å². The summed E-state index contributed by atoms with van der Waals surface area (Å²) in [5.41, 5.74) is 0.472. The molecule has 0 bridgehead atoms. The van der Waals surface area contributed by atoms with Crippen molar-refractivity contribution in [3.8, 4) is 0 Å². The molecule has 7 nitrogen and oxygen atoms in total. The van der Waals surface area contributed by atoms with Crippen molar-refractivity contribution in [2.75, 3.05) is 26.8 Å². The Morgan fingerprint density at radius 3 is 2.79 bits per heavy atom. The summed E-state index contributed by atoms with van der Waals surface area (Å²) in [4.78, 5) is 26.6. The first kappa shape index (κ1) is 15.5. The normalized spacial score (nSPS) is 10.4. The number of nitrogens with zero attached hydrogens (tertiary/aromatic N) is 1. The van der Waals surface area contributed by atoms with Crippen LogP contribution in [0, 0.1) is 6.92 Å². The summed E-state index contributed by atoms with van der Waals surface area (Å²) in [6, 6.07) is 0. The van der Waals surface area contributed by atoms with E-state index in [1.807, 2.05) is 0 Å². The van der Waals surface area contributed by atoms with E-state index in [0.717, 1.165) is 11.3 Å². The molecule has 0 aromatic carbocycles. The van der Waals surface area contributed by atoms with Gasteiger partial charge in [0, 0.05) is 13.7 Å². The molecular formula is C11H17N3O4S. The van der Waals surface area contributed by atoms with Crippen LogP contribution in [0.2, 0.25) is 0 Å². The number of rotatable bonds is 8. The van der Waals surface area contributed by atoms with Gasteiger partial charge in [-0.05, 0) is 6.92 Å². The van der Waals surface area contributed by atoms with Gasteiger partial charge in [-0.2, -0.15) is 0 Å². The van der Waals surface area contributed by atoms with Crippen molar-refractivity contribution in [2.45, 2.75) is 13.5 Å². The lowest BCUT2D eigenvalue weighted by Crippen LogP contribution is -2.34. The van der Waals surface area contributed by atoms with Crippen LogP contribution in [0.15, 0.2) is 0 Å². The van der Waals surface area contributed by atoms with Crippen molar-refractivity contribution in [3.63, 3.8) is 0 Å². The summed E-state index contributed by atoms with van der Waals surface area (Å²) in [5, 5.41) is 15.0. The number of aryl methyl sites for hydroxylation is 1. The fourth-order valence-electron chi connectivity index (χ4n) is 1.34. The third kappa shape index (κ3) is 5.33. The lowest BCUT2D eigenvalue weighted by molar-refractivity contribution is -0.120. The third-order valence-electron chi connectivity index (χ3n) is 2.24. The summed E-state index contributed by atoms with van der Waals surface area (Å²) in [7, 11) is 1.59. The zero-order chi connectivity index (χ0) is 14.3. The molecule has 0 unspecified atom stereocenters. The van der Waals surface area contributed by atoms with E-state index in [1.165, 1.54) is 0 Å². The van der Waals surface area contributed by atoms with Crippen LogP contribution in [0.1, 0.15) is 20.4 Å². The van der Waals surface area contributed by atoms with E-state index in [-0.39, 0.29) is 23.9 Å². The summed E-state index contributed by atoms with van der Waals surface area (Å²) in [6.07, 6.45) is 0. The molecule has 106 valence electrons. The Labute approximate surface area is 115 Å². The molecule has 0 spiro atoms. The molecule has 0 aliphatic heterocycles. The van der Waals surface area contributed by atoms with Crippen LogP contribution in [0.5, 0.6) is 0 Å². The van der Waals surface area contributed by atoms with E-state index in [2.05, 4.69) is 15.6 Å². The van der Waals surface area contributed by atoms with Gasteiger partial charge in [-0.25, -0.2) is 9.78 Å². The molecule has 1 amide bonds. The first-order valence-corrected chi connectivity index (χ1v) is 6.52. The zero-order valence-corrected chi connectivity index (χ0v) is 11.7. The molecule has 1 aromatic heterocycles. The number of carboxylic acid groups (broad SMARTS) is 1. The Kier molecular flexibility index (Phi) is 6.40. The lowest BCUT2D eigenvalue weighted by atomic mass is 10.4. The average Bonchev–Trinajstić information content (AvgIpc) is 2.74. The van der Waals surface area contributed by atoms with Crippen molar-refractivity contribution in [3.05, 3.63) is 15.6 Å². The van der Waals surface area contributed by atoms with E-state index in [4.69, 9.17) is 9.84 Å². The molecule has 0 saturated carbocycles. The van der Waals surface area contributed by atoms with Crippen molar-refractivity contribution >= 4 is 23.2 Å². The number of hydrogen-bond donors (Lipinski definition) is 3. The van der Waals surface area contributed by atoms with Crippen LogP contribution < -0.4 is 10.6 Å². The number of carbonyl (C=O) groups excluding carboxylic acids is 1. The third-order valence-corrected chi connectivity index (χ3v) is 3.39. The van der Waals surface area contributed by atoms with Crippen LogP contribution in [0.3, 0.4) is 0 Å². The number of methoxy groups -OCH3 is 1. The van der Waals surface area contributed by atoms with Crippen LogP contribution in [0.4, 0.5) is 0 Å². The van der Waals surface area contributed by atoms with E-state index in [9.17, 15) is 9.59 Å².